The van der Waals surface area contributed by atoms with E-state index in [9.17, 15) is 18.0 Å². The lowest BCUT2D eigenvalue weighted by Gasteiger charge is -2.37. The fourth-order valence-corrected chi connectivity index (χ4v) is 5.50. The molecule has 1 aromatic heterocycles. The molecule has 2 fully saturated rings. The molecule has 2 aromatic rings. The van der Waals surface area contributed by atoms with Crippen LogP contribution in [0.5, 0.6) is 0 Å². The predicted molar refractivity (Wildman–Crippen MR) is 113 cm³/mol. The van der Waals surface area contributed by atoms with Gasteiger partial charge in [0.1, 0.15) is 5.82 Å². The highest BCUT2D eigenvalue weighted by Gasteiger charge is 2.48. The number of anilines is 1. The number of fused-ring (bicyclic) bond motifs is 2. The van der Waals surface area contributed by atoms with Crippen LogP contribution in [0.25, 0.3) is 0 Å². The summed E-state index contributed by atoms with van der Waals surface area (Å²) < 4.78 is 43.1. The molecule has 1 aromatic carbocycles. The quantitative estimate of drug-likeness (QED) is 0.674. The average molecular weight is 498 g/mol. The fraction of sp³-hybridized carbons (Fsp3) is 0.524. The van der Waals surface area contributed by atoms with E-state index in [4.69, 9.17) is 0 Å². The van der Waals surface area contributed by atoms with Crippen LogP contribution in [0.15, 0.2) is 34.8 Å². The predicted octanol–water partition coefficient (Wildman–Crippen LogP) is 4.23. The molecular formula is C21H23BrF3N5O. The number of carbonyl (C=O) groups is 1. The van der Waals surface area contributed by atoms with Crippen LogP contribution in [0, 0.1) is 0 Å². The SMILES string of the molecule is O=C(c1nn2c(c1Br)N[C@@H](c1ccccc1)C[C@H]2C(F)(F)F)N1CCN2CCC[C@@H]2C1. The van der Waals surface area contributed by atoms with E-state index in [0.717, 1.165) is 36.2 Å². The van der Waals surface area contributed by atoms with Crippen molar-refractivity contribution < 1.29 is 18.0 Å². The molecule has 1 amide bonds. The standard InChI is InChI=1S/C21H23BrF3N5O/c22-17-18(20(31)29-10-9-28-8-4-7-14(28)12-29)27-30-16(21(23,24)25)11-15(26-19(17)30)13-5-2-1-3-6-13/h1-3,5-6,14-16,26H,4,7-12H2/t14-,15-,16+/m1/s1. The molecule has 31 heavy (non-hydrogen) atoms. The summed E-state index contributed by atoms with van der Waals surface area (Å²) in [6.45, 7) is 3.00. The maximum Gasteiger partial charge on any atom is 0.410 e. The molecule has 3 aliphatic rings. The Kier molecular flexibility index (Phi) is 5.24. The summed E-state index contributed by atoms with van der Waals surface area (Å²) in [5.74, 6) is -0.121. The smallest absolute Gasteiger partial charge is 0.362 e. The van der Waals surface area contributed by atoms with Crippen molar-refractivity contribution in [1.29, 1.82) is 0 Å². The lowest BCUT2D eigenvalue weighted by atomic mass is 9.97. The second-order valence-corrected chi connectivity index (χ2v) is 9.23. The summed E-state index contributed by atoms with van der Waals surface area (Å²) in [5, 5.41) is 7.34. The summed E-state index contributed by atoms with van der Waals surface area (Å²) in [6, 6.07) is 7.04. The number of nitrogens with one attached hydrogen (secondary N) is 1. The van der Waals surface area contributed by atoms with Gasteiger partial charge in [-0.05, 0) is 40.9 Å². The van der Waals surface area contributed by atoms with E-state index < -0.39 is 18.3 Å². The molecule has 166 valence electrons. The summed E-state index contributed by atoms with van der Waals surface area (Å²) in [7, 11) is 0. The molecule has 5 rings (SSSR count). The lowest BCUT2D eigenvalue weighted by molar-refractivity contribution is -0.173. The van der Waals surface area contributed by atoms with Gasteiger partial charge in [-0.3, -0.25) is 9.69 Å². The van der Waals surface area contributed by atoms with Crippen LogP contribution in [0.4, 0.5) is 19.0 Å². The Morgan fingerprint density at radius 2 is 1.94 bits per heavy atom. The molecule has 3 aliphatic heterocycles. The van der Waals surface area contributed by atoms with Gasteiger partial charge < -0.3 is 10.2 Å². The molecular weight excluding hydrogens is 475 g/mol. The highest BCUT2D eigenvalue weighted by molar-refractivity contribution is 9.10. The van der Waals surface area contributed by atoms with Gasteiger partial charge in [0.25, 0.3) is 5.91 Å². The fourth-order valence-electron chi connectivity index (χ4n) is 4.96. The normalized spacial score (nSPS) is 26.3. The third kappa shape index (κ3) is 3.73. The van der Waals surface area contributed by atoms with Crippen molar-refractivity contribution in [1.82, 2.24) is 19.6 Å². The number of halogens is 4. The van der Waals surface area contributed by atoms with Gasteiger partial charge in [-0.1, -0.05) is 30.3 Å². The second kappa shape index (κ2) is 7.81. The first-order chi connectivity index (χ1) is 14.8. The zero-order valence-electron chi connectivity index (χ0n) is 16.8. The minimum Gasteiger partial charge on any atom is -0.362 e. The molecule has 10 heteroatoms. The van der Waals surface area contributed by atoms with Crippen LogP contribution in [0.1, 0.15) is 47.4 Å². The van der Waals surface area contributed by atoms with Crippen LogP contribution < -0.4 is 5.32 Å². The van der Waals surface area contributed by atoms with Gasteiger partial charge in [0, 0.05) is 32.1 Å². The van der Waals surface area contributed by atoms with Crippen LogP contribution in [-0.2, 0) is 0 Å². The summed E-state index contributed by atoms with van der Waals surface area (Å²) in [5.41, 5.74) is 0.804. The van der Waals surface area contributed by atoms with Gasteiger partial charge >= 0.3 is 6.18 Å². The number of piperazine rings is 1. The Balaban J connectivity index is 1.47. The van der Waals surface area contributed by atoms with Gasteiger partial charge in [0.2, 0.25) is 0 Å². The zero-order chi connectivity index (χ0) is 21.8. The zero-order valence-corrected chi connectivity index (χ0v) is 18.4. The van der Waals surface area contributed by atoms with Crippen LogP contribution in [-0.4, -0.2) is 63.9 Å². The van der Waals surface area contributed by atoms with E-state index in [2.05, 4.69) is 31.2 Å². The molecule has 4 heterocycles. The van der Waals surface area contributed by atoms with E-state index in [1.54, 1.807) is 29.2 Å². The molecule has 0 unspecified atom stereocenters. The van der Waals surface area contributed by atoms with Crippen molar-refractivity contribution in [3.05, 3.63) is 46.1 Å². The molecule has 1 N–H and O–H groups in total. The number of hydrogen-bond acceptors (Lipinski definition) is 4. The van der Waals surface area contributed by atoms with Crippen molar-refractivity contribution in [2.75, 3.05) is 31.5 Å². The number of nitrogens with zero attached hydrogens (tertiary/aromatic N) is 4. The van der Waals surface area contributed by atoms with Crippen LogP contribution in [0.3, 0.4) is 0 Å². The largest absolute Gasteiger partial charge is 0.410 e. The number of amides is 1. The minimum atomic E-state index is -4.48. The number of benzene rings is 1. The number of hydrogen-bond donors (Lipinski definition) is 1. The number of aromatic nitrogens is 2. The van der Waals surface area contributed by atoms with Crippen LogP contribution >= 0.6 is 15.9 Å². The third-order valence-corrected chi connectivity index (χ3v) is 7.33. The first-order valence-corrected chi connectivity index (χ1v) is 11.3. The maximum atomic E-state index is 13.9. The summed E-state index contributed by atoms with van der Waals surface area (Å²) >= 11 is 3.38. The Labute approximate surface area is 186 Å². The van der Waals surface area contributed by atoms with Gasteiger partial charge in [0.05, 0.1) is 10.5 Å². The Hall–Kier alpha value is -2.07. The summed E-state index contributed by atoms with van der Waals surface area (Å²) in [4.78, 5) is 17.3. The molecule has 3 atom stereocenters. The van der Waals surface area contributed by atoms with E-state index >= 15 is 0 Å². The van der Waals surface area contributed by atoms with Crippen molar-refractivity contribution in [3.63, 3.8) is 0 Å². The first kappa shape index (κ1) is 20.8. The highest BCUT2D eigenvalue weighted by atomic mass is 79.9. The Bertz CT molecular complexity index is 979. The van der Waals surface area contributed by atoms with Crippen LogP contribution in [0.2, 0.25) is 0 Å². The van der Waals surface area contributed by atoms with E-state index in [1.165, 1.54) is 0 Å². The topological polar surface area (TPSA) is 53.4 Å². The van der Waals surface area contributed by atoms with Gasteiger partial charge in [-0.25, -0.2) is 4.68 Å². The maximum absolute atomic E-state index is 13.9. The number of rotatable bonds is 2. The van der Waals surface area contributed by atoms with Gasteiger partial charge in [0.15, 0.2) is 11.7 Å². The van der Waals surface area contributed by atoms with Gasteiger partial charge in [-0.2, -0.15) is 18.3 Å². The number of carbonyl (C=O) groups excluding carboxylic acids is 1. The first-order valence-electron chi connectivity index (χ1n) is 10.5. The molecule has 6 nitrogen and oxygen atoms in total. The molecule has 0 aliphatic carbocycles. The summed E-state index contributed by atoms with van der Waals surface area (Å²) in [6.07, 6.45) is -2.51. The van der Waals surface area contributed by atoms with Crippen molar-refractivity contribution >= 4 is 27.7 Å². The molecule has 0 spiro atoms. The second-order valence-electron chi connectivity index (χ2n) is 8.44. The monoisotopic (exact) mass is 497 g/mol. The third-order valence-electron chi connectivity index (χ3n) is 6.57. The minimum absolute atomic E-state index is 0.0388. The Morgan fingerprint density at radius 3 is 2.68 bits per heavy atom. The van der Waals surface area contributed by atoms with E-state index in [0.29, 0.717) is 23.6 Å². The van der Waals surface area contributed by atoms with Crippen molar-refractivity contribution in [2.45, 2.75) is 43.6 Å². The van der Waals surface area contributed by atoms with Crippen molar-refractivity contribution in [3.8, 4) is 0 Å². The Morgan fingerprint density at radius 1 is 1.16 bits per heavy atom. The van der Waals surface area contributed by atoms with Gasteiger partial charge in [-0.15, -0.1) is 0 Å². The van der Waals surface area contributed by atoms with E-state index in [1.807, 2.05) is 6.07 Å². The van der Waals surface area contributed by atoms with E-state index in [-0.39, 0.29) is 23.8 Å². The number of alkyl halides is 3. The van der Waals surface area contributed by atoms with Crippen molar-refractivity contribution in [2.24, 2.45) is 0 Å². The molecule has 0 radical (unpaired) electrons. The molecule has 0 saturated carbocycles. The molecule has 2 saturated heterocycles. The average Bonchev–Trinajstić information content (AvgIpc) is 3.36. The molecule has 0 bridgehead atoms. The highest BCUT2D eigenvalue weighted by Crippen LogP contribution is 2.46. The lowest BCUT2D eigenvalue weighted by Crippen LogP contribution is -2.52.